The molecule has 8 nitrogen and oxygen atoms in total. The first kappa shape index (κ1) is 28.9. The summed E-state index contributed by atoms with van der Waals surface area (Å²) in [4.78, 5) is 41.1. The number of amides is 3. The van der Waals surface area contributed by atoms with E-state index in [1.54, 1.807) is 30.3 Å². The Morgan fingerprint density at radius 2 is 1.60 bits per heavy atom. The van der Waals surface area contributed by atoms with Crippen molar-refractivity contribution in [1.29, 1.82) is 0 Å². The zero-order valence-corrected chi connectivity index (χ0v) is 23.2. The second-order valence-corrected chi connectivity index (χ2v) is 11.8. The number of carbonyl (C=O) groups is 3. The molecule has 1 aliphatic heterocycles. The molecule has 0 aromatic heterocycles. The summed E-state index contributed by atoms with van der Waals surface area (Å²) >= 11 is 0. The Morgan fingerprint density at radius 3 is 2.27 bits per heavy atom. The lowest BCUT2D eigenvalue weighted by atomic mass is 10.0. The van der Waals surface area contributed by atoms with Gasteiger partial charge in [-0.3, -0.25) is 14.4 Å². The first-order valence-electron chi connectivity index (χ1n) is 13.1. The minimum atomic E-state index is -4.01. The number of sulfonamides is 1. The fraction of sp³-hybridized carbons (Fsp3) is 0.300. The van der Waals surface area contributed by atoms with Gasteiger partial charge in [-0.15, -0.1) is 0 Å². The van der Waals surface area contributed by atoms with Crippen LogP contribution in [-0.4, -0.2) is 54.0 Å². The molecule has 0 radical (unpaired) electrons. The minimum absolute atomic E-state index is 0.0371. The molecular formula is C30H32FN3O5S. The Labute approximate surface area is 233 Å². The van der Waals surface area contributed by atoms with Crippen molar-refractivity contribution in [2.45, 2.75) is 56.6 Å². The van der Waals surface area contributed by atoms with Gasteiger partial charge in [0.1, 0.15) is 16.8 Å². The van der Waals surface area contributed by atoms with E-state index in [9.17, 15) is 27.2 Å². The van der Waals surface area contributed by atoms with E-state index in [0.717, 1.165) is 9.87 Å². The third-order valence-corrected chi connectivity index (χ3v) is 8.50. The van der Waals surface area contributed by atoms with Gasteiger partial charge in [0.15, 0.2) is 0 Å². The standard InChI is InChI=1S/C30H32FN3O5S/c1-21(2)32-29(36)26(19-22-11-4-3-5-12-22)33(20-23-13-6-8-15-25(23)31)28(35)17-10-18-34-30(37)24-14-7-9-16-27(24)40(34,38)39/h3-9,11-16,21,26H,10,17-20H2,1-2H3,(H,32,36)/t26-/m0/s1. The van der Waals surface area contributed by atoms with E-state index in [2.05, 4.69) is 5.32 Å². The fourth-order valence-electron chi connectivity index (χ4n) is 4.71. The molecule has 3 amide bonds. The van der Waals surface area contributed by atoms with Crippen LogP contribution in [-0.2, 0) is 32.6 Å². The molecule has 0 saturated carbocycles. The Hall–Kier alpha value is -4.05. The molecular weight excluding hydrogens is 533 g/mol. The molecule has 4 rings (SSSR count). The van der Waals surface area contributed by atoms with Gasteiger partial charge in [-0.2, -0.15) is 0 Å². The molecule has 0 saturated heterocycles. The number of benzene rings is 3. The zero-order chi connectivity index (χ0) is 28.9. The predicted molar refractivity (Wildman–Crippen MR) is 148 cm³/mol. The quantitative estimate of drug-likeness (QED) is 0.380. The number of hydrogen-bond donors (Lipinski definition) is 1. The van der Waals surface area contributed by atoms with Crippen LogP contribution in [0.4, 0.5) is 4.39 Å². The van der Waals surface area contributed by atoms with Crippen LogP contribution >= 0.6 is 0 Å². The molecule has 10 heteroatoms. The maximum Gasteiger partial charge on any atom is 0.269 e. The van der Waals surface area contributed by atoms with Crippen LogP contribution < -0.4 is 5.32 Å². The monoisotopic (exact) mass is 565 g/mol. The smallest absolute Gasteiger partial charge is 0.269 e. The molecule has 0 fully saturated rings. The topological polar surface area (TPSA) is 104 Å². The SMILES string of the molecule is CC(C)NC(=O)[C@H](Cc1ccccc1)N(Cc1ccccc1F)C(=O)CCCN1C(=O)c2ccccc2S1(=O)=O. The Kier molecular flexibility index (Phi) is 8.99. The summed E-state index contributed by atoms with van der Waals surface area (Å²) in [6.07, 6.45) is 0.0909. The fourth-order valence-corrected chi connectivity index (χ4v) is 6.32. The van der Waals surface area contributed by atoms with Crippen molar-refractivity contribution in [2.75, 3.05) is 6.54 Å². The molecule has 0 spiro atoms. The molecule has 3 aromatic carbocycles. The highest BCUT2D eigenvalue weighted by molar-refractivity contribution is 7.90. The summed E-state index contributed by atoms with van der Waals surface area (Å²) in [6.45, 7) is 3.27. The first-order valence-corrected chi connectivity index (χ1v) is 14.6. The zero-order valence-electron chi connectivity index (χ0n) is 22.4. The summed E-state index contributed by atoms with van der Waals surface area (Å²) in [5.41, 5.74) is 1.17. The third-order valence-electron chi connectivity index (χ3n) is 6.66. The normalized spacial score (nSPS) is 14.6. The van der Waals surface area contributed by atoms with Gasteiger partial charge in [0.05, 0.1) is 5.56 Å². The molecule has 1 atom stereocenters. The van der Waals surface area contributed by atoms with Crippen molar-refractivity contribution >= 4 is 27.7 Å². The number of hydrogen-bond acceptors (Lipinski definition) is 5. The van der Waals surface area contributed by atoms with Gasteiger partial charge >= 0.3 is 0 Å². The van der Waals surface area contributed by atoms with Gasteiger partial charge in [0.25, 0.3) is 15.9 Å². The summed E-state index contributed by atoms with van der Waals surface area (Å²) < 4.78 is 41.3. The Bertz CT molecular complexity index is 1490. The molecule has 1 aliphatic rings. The van der Waals surface area contributed by atoms with Gasteiger partial charge in [-0.1, -0.05) is 60.7 Å². The maximum atomic E-state index is 14.7. The van der Waals surface area contributed by atoms with Crippen molar-refractivity contribution < 1.29 is 27.2 Å². The summed E-state index contributed by atoms with van der Waals surface area (Å²) in [5, 5.41) is 2.87. The largest absolute Gasteiger partial charge is 0.352 e. The molecule has 0 unspecified atom stereocenters. The average Bonchev–Trinajstić information content (AvgIpc) is 3.12. The van der Waals surface area contributed by atoms with E-state index in [1.807, 2.05) is 44.2 Å². The highest BCUT2D eigenvalue weighted by Crippen LogP contribution is 2.30. The van der Waals surface area contributed by atoms with Crippen molar-refractivity contribution in [3.05, 3.63) is 101 Å². The molecule has 1 heterocycles. The third kappa shape index (κ3) is 6.39. The van der Waals surface area contributed by atoms with Crippen LogP contribution in [0, 0.1) is 5.82 Å². The van der Waals surface area contributed by atoms with Gasteiger partial charge in [0, 0.05) is 37.5 Å². The van der Waals surface area contributed by atoms with Crippen molar-refractivity contribution in [3.63, 3.8) is 0 Å². The lowest BCUT2D eigenvalue weighted by molar-refractivity contribution is -0.141. The number of nitrogens with one attached hydrogen (secondary N) is 1. The van der Waals surface area contributed by atoms with Crippen LogP contribution in [0.3, 0.4) is 0 Å². The van der Waals surface area contributed by atoms with Crippen LogP contribution in [0.1, 0.15) is 48.2 Å². The van der Waals surface area contributed by atoms with Gasteiger partial charge in [0.2, 0.25) is 11.8 Å². The Morgan fingerprint density at radius 1 is 0.950 bits per heavy atom. The van der Waals surface area contributed by atoms with Gasteiger partial charge in [-0.05, 0) is 44.0 Å². The number of halogens is 1. The number of rotatable bonds is 11. The highest BCUT2D eigenvalue weighted by atomic mass is 32.2. The van der Waals surface area contributed by atoms with Crippen LogP contribution in [0.5, 0.6) is 0 Å². The molecule has 3 aromatic rings. The van der Waals surface area contributed by atoms with Gasteiger partial charge < -0.3 is 10.2 Å². The summed E-state index contributed by atoms with van der Waals surface area (Å²) in [6, 6.07) is 20.1. The van der Waals surface area contributed by atoms with Crippen molar-refractivity contribution in [1.82, 2.24) is 14.5 Å². The second kappa shape index (κ2) is 12.4. The Balaban J connectivity index is 1.57. The van der Waals surface area contributed by atoms with Gasteiger partial charge in [-0.25, -0.2) is 17.1 Å². The molecule has 210 valence electrons. The lowest BCUT2D eigenvalue weighted by Crippen LogP contribution is -2.52. The predicted octanol–water partition coefficient (Wildman–Crippen LogP) is 3.92. The number of fused-ring (bicyclic) bond motifs is 1. The van der Waals surface area contributed by atoms with E-state index in [0.29, 0.717) is 0 Å². The number of carbonyl (C=O) groups excluding carboxylic acids is 3. The van der Waals surface area contributed by atoms with E-state index in [1.165, 1.54) is 23.1 Å². The minimum Gasteiger partial charge on any atom is -0.352 e. The molecule has 40 heavy (non-hydrogen) atoms. The van der Waals surface area contributed by atoms with E-state index >= 15 is 0 Å². The van der Waals surface area contributed by atoms with Crippen LogP contribution in [0.2, 0.25) is 0 Å². The van der Waals surface area contributed by atoms with Crippen molar-refractivity contribution in [3.8, 4) is 0 Å². The molecule has 0 bridgehead atoms. The second-order valence-electron chi connectivity index (χ2n) is 9.96. The molecule has 0 aliphatic carbocycles. The van der Waals surface area contributed by atoms with E-state index < -0.39 is 33.7 Å². The van der Waals surface area contributed by atoms with Crippen LogP contribution in [0.15, 0.2) is 83.8 Å². The number of nitrogens with zero attached hydrogens (tertiary/aromatic N) is 2. The summed E-state index contributed by atoms with van der Waals surface area (Å²) in [7, 11) is -4.01. The molecule has 1 N–H and O–H groups in total. The van der Waals surface area contributed by atoms with E-state index in [4.69, 9.17) is 0 Å². The highest BCUT2D eigenvalue weighted by Gasteiger charge is 2.40. The first-order chi connectivity index (χ1) is 19.1. The average molecular weight is 566 g/mol. The summed E-state index contributed by atoms with van der Waals surface area (Å²) in [5.74, 6) is -1.97. The van der Waals surface area contributed by atoms with Crippen LogP contribution in [0.25, 0.3) is 0 Å². The maximum absolute atomic E-state index is 14.7. The lowest BCUT2D eigenvalue weighted by Gasteiger charge is -2.32. The van der Waals surface area contributed by atoms with E-state index in [-0.39, 0.29) is 60.3 Å². The van der Waals surface area contributed by atoms with Crippen molar-refractivity contribution in [2.24, 2.45) is 0 Å².